The molecule has 17 heavy (non-hydrogen) atoms. The van der Waals surface area contributed by atoms with Crippen LogP contribution in [-0.4, -0.2) is 35.0 Å². The third-order valence-corrected chi connectivity index (χ3v) is 3.55. The number of imidazole rings is 1. The van der Waals surface area contributed by atoms with Gasteiger partial charge < -0.3 is 9.88 Å². The van der Waals surface area contributed by atoms with Crippen molar-refractivity contribution in [2.45, 2.75) is 32.1 Å². The summed E-state index contributed by atoms with van der Waals surface area (Å²) < 4.78 is 0. The maximum Gasteiger partial charge on any atom is 0.123 e. The minimum absolute atomic E-state index is 0.122. The molecular formula is C13H20N4. The van der Waals surface area contributed by atoms with Crippen molar-refractivity contribution in [3.8, 4) is 6.07 Å². The number of hydrogen-bond acceptors (Lipinski definition) is 3. The summed E-state index contributed by atoms with van der Waals surface area (Å²) in [6, 6.07) is 2.33. The first-order chi connectivity index (χ1) is 8.11. The molecule has 1 fully saturated rings. The number of likely N-dealkylation sites (N-methyl/N-ethyl adjacent to an activating group) is 1. The number of hydrogen-bond donors (Lipinski definition) is 1. The molecule has 0 amide bonds. The second kappa shape index (κ2) is 4.89. The van der Waals surface area contributed by atoms with Gasteiger partial charge in [-0.05, 0) is 25.9 Å². The van der Waals surface area contributed by atoms with Crippen molar-refractivity contribution in [2.24, 2.45) is 5.92 Å². The van der Waals surface area contributed by atoms with E-state index >= 15 is 0 Å². The second-order valence-corrected chi connectivity index (χ2v) is 5.32. The molecule has 1 saturated heterocycles. The lowest BCUT2D eigenvalue weighted by molar-refractivity contribution is 0.411. The monoisotopic (exact) mass is 232 g/mol. The summed E-state index contributed by atoms with van der Waals surface area (Å²) >= 11 is 0. The van der Waals surface area contributed by atoms with Crippen LogP contribution < -0.4 is 0 Å². The van der Waals surface area contributed by atoms with Gasteiger partial charge in [0.1, 0.15) is 11.7 Å². The van der Waals surface area contributed by atoms with Gasteiger partial charge in [-0.2, -0.15) is 5.26 Å². The number of aromatic nitrogens is 2. The van der Waals surface area contributed by atoms with E-state index in [9.17, 15) is 0 Å². The molecule has 1 aliphatic heterocycles. The number of nitrogens with zero attached hydrogens (tertiary/aromatic N) is 3. The molecule has 1 N–H and O–H groups in total. The molecule has 92 valence electrons. The Hall–Kier alpha value is -1.34. The van der Waals surface area contributed by atoms with Gasteiger partial charge in [0.25, 0.3) is 0 Å². The Morgan fingerprint density at radius 1 is 1.59 bits per heavy atom. The predicted octanol–water partition coefficient (Wildman–Crippen LogP) is 2.09. The number of H-pyrrole nitrogens is 1. The van der Waals surface area contributed by atoms with Gasteiger partial charge in [0, 0.05) is 24.4 Å². The Morgan fingerprint density at radius 2 is 2.35 bits per heavy atom. The Balaban J connectivity index is 2.13. The summed E-state index contributed by atoms with van der Waals surface area (Å²) in [5.41, 5.74) is 1.19. The number of aromatic amines is 1. The Labute approximate surface area is 103 Å². The van der Waals surface area contributed by atoms with Gasteiger partial charge in [-0.25, -0.2) is 4.98 Å². The Kier molecular flexibility index (Phi) is 3.49. The van der Waals surface area contributed by atoms with E-state index in [2.05, 4.69) is 41.8 Å². The average Bonchev–Trinajstić information content (AvgIpc) is 2.87. The van der Waals surface area contributed by atoms with Crippen LogP contribution in [0.3, 0.4) is 0 Å². The summed E-state index contributed by atoms with van der Waals surface area (Å²) in [6.07, 6.45) is 3.09. The lowest BCUT2D eigenvalue weighted by Crippen LogP contribution is -2.13. The Morgan fingerprint density at radius 3 is 2.88 bits per heavy atom. The number of rotatable bonds is 3. The number of nitrogens with one attached hydrogen (secondary N) is 1. The first kappa shape index (κ1) is 12.1. The van der Waals surface area contributed by atoms with Gasteiger partial charge >= 0.3 is 0 Å². The molecule has 0 spiro atoms. The van der Waals surface area contributed by atoms with Crippen molar-refractivity contribution >= 4 is 0 Å². The maximum atomic E-state index is 9.15. The SMILES string of the molecule is CC(C)C(C#N)c1ncc(C2CCN(C)C2)[nH]1. The summed E-state index contributed by atoms with van der Waals surface area (Å²) in [7, 11) is 2.14. The highest BCUT2D eigenvalue weighted by molar-refractivity contribution is 5.17. The summed E-state index contributed by atoms with van der Waals surface area (Å²) in [5.74, 6) is 1.55. The van der Waals surface area contributed by atoms with Crippen LogP contribution in [0, 0.1) is 17.2 Å². The lowest BCUT2D eigenvalue weighted by atomic mass is 9.97. The van der Waals surface area contributed by atoms with Gasteiger partial charge in [0.05, 0.1) is 6.07 Å². The van der Waals surface area contributed by atoms with E-state index in [-0.39, 0.29) is 5.92 Å². The molecule has 0 bridgehead atoms. The van der Waals surface area contributed by atoms with E-state index in [1.54, 1.807) is 0 Å². The fraction of sp³-hybridized carbons (Fsp3) is 0.692. The van der Waals surface area contributed by atoms with Crippen molar-refractivity contribution in [2.75, 3.05) is 20.1 Å². The normalized spacial score (nSPS) is 22.9. The highest BCUT2D eigenvalue weighted by Crippen LogP contribution is 2.27. The topological polar surface area (TPSA) is 55.7 Å². The number of nitriles is 1. The van der Waals surface area contributed by atoms with Crippen LogP contribution in [0.15, 0.2) is 6.20 Å². The molecule has 2 unspecified atom stereocenters. The molecule has 2 atom stereocenters. The molecule has 4 heteroatoms. The van der Waals surface area contributed by atoms with Gasteiger partial charge in [-0.3, -0.25) is 0 Å². The van der Waals surface area contributed by atoms with Crippen molar-refractivity contribution in [1.29, 1.82) is 5.26 Å². The van der Waals surface area contributed by atoms with Gasteiger partial charge in [-0.1, -0.05) is 13.8 Å². The summed E-state index contributed by atoms with van der Waals surface area (Å²) in [6.45, 7) is 6.34. The van der Waals surface area contributed by atoms with Gasteiger partial charge in [-0.15, -0.1) is 0 Å². The first-order valence-corrected chi connectivity index (χ1v) is 6.24. The van der Waals surface area contributed by atoms with Crippen molar-refractivity contribution < 1.29 is 0 Å². The zero-order valence-electron chi connectivity index (χ0n) is 10.8. The van der Waals surface area contributed by atoms with E-state index in [0.717, 1.165) is 18.9 Å². The highest BCUT2D eigenvalue weighted by Gasteiger charge is 2.25. The van der Waals surface area contributed by atoms with E-state index in [1.807, 2.05) is 6.20 Å². The molecule has 0 saturated carbocycles. The molecule has 1 aliphatic rings. The summed E-state index contributed by atoms with van der Waals surface area (Å²) in [4.78, 5) is 10.1. The summed E-state index contributed by atoms with van der Waals surface area (Å²) in [5, 5.41) is 9.15. The van der Waals surface area contributed by atoms with E-state index < -0.39 is 0 Å². The minimum Gasteiger partial charge on any atom is -0.344 e. The minimum atomic E-state index is -0.122. The van der Waals surface area contributed by atoms with Crippen LogP contribution in [0.4, 0.5) is 0 Å². The van der Waals surface area contributed by atoms with Crippen LogP contribution in [0.2, 0.25) is 0 Å². The molecule has 2 heterocycles. The highest BCUT2D eigenvalue weighted by atomic mass is 15.1. The Bertz CT molecular complexity index is 415. The lowest BCUT2D eigenvalue weighted by Gasteiger charge is -2.10. The molecule has 0 radical (unpaired) electrons. The second-order valence-electron chi connectivity index (χ2n) is 5.32. The van der Waals surface area contributed by atoms with Crippen LogP contribution in [0.1, 0.15) is 43.6 Å². The van der Waals surface area contributed by atoms with Gasteiger partial charge in [0.15, 0.2) is 0 Å². The predicted molar refractivity (Wildman–Crippen MR) is 66.6 cm³/mol. The molecule has 1 aromatic rings. The van der Waals surface area contributed by atoms with E-state index in [1.165, 1.54) is 12.1 Å². The standard InChI is InChI=1S/C13H20N4/c1-9(2)11(6-14)13-15-7-12(16-13)10-4-5-17(3)8-10/h7,9-11H,4-5,8H2,1-3H3,(H,15,16). The molecule has 1 aromatic heterocycles. The number of likely N-dealkylation sites (tertiary alicyclic amines) is 1. The van der Waals surface area contributed by atoms with Gasteiger partial charge in [0.2, 0.25) is 0 Å². The fourth-order valence-corrected chi connectivity index (χ4v) is 2.43. The molecule has 2 rings (SSSR count). The fourth-order valence-electron chi connectivity index (χ4n) is 2.43. The molecule has 0 aliphatic carbocycles. The van der Waals surface area contributed by atoms with E-state index in [4.69, 9.17) is 5.26 Å². The van der Waals surface area contributed by atoms with E-state index in [0.29, 0.717) is 11.8 Å². The third kappa shape index (κ3) is 2.50. The van der Waals surface area contributed by atoms with Crippen LogP contribution in [0.25, 0.3) is 0 Å². The third-order valence-electron chi connectivity index (χ3n) is 3.55. The molecule has 0 aromatic carbocycles. The average molecular weight is 232 g/mol. The zero-order chi connectivity index (χ0) is 12.4. The first-order valence-electron chi connectivity index (χ1n) is 6.24. The largest absolute Gasteiger partial charge is 0.344 e. The zero-order valence-corrected chi connectivity index (χ0v) is 10.8. The van der Waals surface area contributed by atoms with Crippen LogP contribution in [0.5, 0.6) is 0 Å². The molecule has 4 nitrogen and oxygen atoms in total. The van der Waals surface area contributed by atoms with Crippen molar-refractivity contribution in [1.82, 2.24) is 14.9 Å². The van der Waals surface area contributed by atoms with Crippen molar-refractivity contribution in [3.63, 3.8) is 0 Å². The van der Waals surface area contributed by atoms with Crippen molar-refractivity contribution in [3.05, 3.63) is 17.7 Å². The van der Waals surface area contributed by atoms with Crippen LogP contribution >= 0.6 is 0 Å². The maximum absolute atomic E-state index is 9.15. The van der Waals surface area contributed by atoms with Crippen LogP contribution in [-0.2, 0) is 0 Å². The molecular weight excluding hydrogens is 212 g/mol. The smallest absolute Gasteiger partial charge is 0.123 e. The quantitative estimate of drug-likeness (QED) is 0.868.